The first-order chi connectivity index (χ1) is 9.93. The van der Waals surface area contributed by atoms with E-state index in [2.05, 4.69) is 5.10 Å². The highest BCUT2D eigenvalue weighted by Crippen LogP contribution is 2.29. The molecule has 1 atom stereocenters. The van der Waals surface area contributed by atoms with Crippen LogP contribution in [0.25, 0.3) is 0 Å². The van der Waals surface area contributed by atoms with Crippen molar-refractivity contribution in [1.29, 1.82) is 0 Å². The summed E-state index contributed by atoms with van der Waals surface area (Å²) >= 11 is 0. The van der Waals surface area contributed by atoms with Gasteiger partial charge in [0.15, 0.2) is 11.5 Å². The van der Waals surface area contributed by atoms with E-state index in [9.17, 15) is 5.11 Å². The van der Waals surface area contributed by atoms with Crippen LogP contribution >= 0.6 is 0 Å². The van der Waals surface area contributed by atoms with Crippen molar-refractivity contribution in [3.8, 4) is 11.5 Å². The van der Waals surface area contributed by atoms with Crippen molar-refractivity contribution < 1.29 is 14.6 Å². The summed E-state index contributed by atoms with van der Waals surface area (Å²) in [5, 5.41) is 14.7. The molecule has 0 aliphatic rings. The quantitative estimate of drug-likeness (QED) is 0.884. The van der Waals surface area contributed by atoms with E-state index in [0.29, 0.717) is 24.3 Å². The Balaban J connectivity index is 2.12. The smallest absolute Gasteiger partial charge is 0.160 e. The number of ether oxygens (including phenoxy) is 2. The van der Waals surface area contributed by atoms with Gasteiger partial charge in [0.05, 0.1) is 26.0 Å². The zero-order valence-electron chi connectivity index (χ0n) is 13.0. The highest BCUT2D eigenvalue weighted by atomic mass is 16.5. The van der Waals surface area contributed by atoms with Gasteiger partial charge in [0, 0.05) is 26.1 Å². The third-order valence-corrected chi connectivity index (χ3v) is 3.38. The van der Waals surface area contributed by atoms with Crippen LogP contribution in [0.1, 0.15) is 18.1 Å². The number of aromatic nitrogens is 2. The molecular weight excluding hydrogens is 268 g/mol. The van der Waals surface area contributed by atoms with E-state index in [1.807, 2.05) is 38.4 Å². The predicted octanol–water partition coefficient (Wildman–Crippen LogP) is 1.97. The number of methoxy groups -OCH3 is 2. The van der Waals surface area contributed by atoms with Crippen molar-refractivity contribution in [3.05, 3.63) is 41.7 Å². The summed E-state index contributed by atoms with van der Waals surface area (Å²) in [6, 6.07) is 5.70. The Labute approximate surface area is 125 Å². The standard InChI is InChI=1S/C16H22N2O3/c1-16(19,9-13-10-17-18(2)11-13)8-12-5-6-14(20-3)15(7-12)21-4/h5-7,10-11,19H,8-9H2,1-4H3. The molecule has 5 heteroatoms. The van der Waals surface area contributed by atoms with Crippen molar-refractivity contribution in [2.75, 3.05) is 14.2 Å². The maximum Gasteiger partial charge on any atom is 0.160 e. The van der Waals surface area contributed by atoms with Crippen LogP contribution in [0, 0.1) is 0 Å². The van der Waals surface area contributed by atoms with Crippen LogP contribution in [-0.2, 0) is 19.9 Å². The number of benzene rings is 1. The number of rotatable bonds is 6. The average molecular weight is 290 g/mol. The predicted molar refractivity (Wildman–Crippen MR) is 80.8 cm³/mol. The molecule has 1 N–H and O–H groups in total. The normalized spacial score (nSPS) is 13.8. The molecule has 2 aromatic rings. The molecule has 1 aromatic carbocycles. The van der Waals surface area contributed by atoms with Crippen molar-refractivity contribution in [3.63, 3.8) is 0 Å². The first kappa shape index (κ1) is 15.4. The first-order valence-electron chi connectivity index (χ1n) is 6.84. The van der Waals surface area contributed by atoms with Gasteiger partial charge in [-0.2, -0.15) is 5.10 Å². The summed E-state index contributed by atoms with van der Waals surface area (Å²) in [5.74, 6) is 1.36. The summed E-state index contributed by atoms with van der Waals surface area (Å²) < 4.78 is 12.3. The lowest BCUT2D eigenvalue weighted by Crippen LogP contribution is -2.30. The molecule has 1 unspecified atom stereocenters. The molecule has 0 spiro atoms. The number of hydrogen-bond donors (Lipinski definition) is 1. The zero-order valence-corrected chi connectivity index (χ0v) is 13.0. The number of aliphatic hydroxyl groups is 1. The van der Waals surface area contributed by atoms with Crippen LogP contribution < -0.4 is 9.47 Å². The second-order valence-corrected chi connectivity index (χ2v) is 5.56. The lowest BCUT2D eigenvalue weighted by atomic mass is 9.91. The third kappa shape index (κ3) is 3.98. The molecule has 0 radical (unpaired) electrons. The molecule has 1 aromatic heterocycles. The topological polar surface area (TPSA) is 56.5 Å². The summed E-state index contributed by atoms with van der Waals surface area (Å²) in [6.07, 6.45) is 4.78. The molecule has 0 fully saturated rings. The fraction of sp³-hybridized carbons (Fsp3) is 0.438. The van der Waals surface area contributed by atoms with Gasteiger partial charge in [-0.3, -0.25) is 4.68 Å². The molecule has 5 nitrogen and oxygen atoms in total. The molecule has 0 aliphatic heterocycles. The van der Waals surface area contributed by atoms with E-state index in [4.69, 9.17) is 9.47 Å². The fourth-order valence-corrected chi connectivity index (χ4v) is 2.50. The first-order valence-corrected chi connectivity index (χ1v) is 6.84. The average Bonchev–Trinajstić information content (AvgIpc) is 2.82. The second-order valence-electron chi connectivity index (χ2n) is 5.56. The molecule has 0 bridgehead atoms. The largest absolute Gasteiger partial charge is 0.493 e. The van der Waals surface area contributed by atoms with E-state index < -0.39 is 5.60 Å². The third-order valence-electron chi connectivity index (χ3n) is 3.38. The fourth-order valence-electron chi connectivity index (χ4n) is 2.50. The van der Waals surface area contributed by atoms with E-state index in [0.717, 1.165) is 11.1 Å². The maximum atomic E-state index is 10.6. The van der Waals surface area contributed by atoms with Crippen molar-refractivity contribution in [2.24, 2.45) is 7.05 Å². The monoisotopic (exact) mass is 290 g/mol. The van der Waals surface area contributed by atoms with E-state index in [1.165, 1.54) is 0 Å². The van der Waals surface area contributed by atoms with Crippen LogP contribution in [0.4, 0.5) is 0 Å². The maximum absolute atomic E-state index is 10.6. The number of hydrogen-bond acceptors (Lipinski definition) is 4. The Kier molecular flexibility index (Phi) is 4.53. The van der Waals surface area contributed by atoms with E-state index >= 15 is 0 Å². The Bertz CT molecular complexity index is 605. The Hall–Kier alpha value is -2.01. The zero-order chi connectivity index (χ0) is 15.5. The second kappa shape index (κ2) is 6.18. The summed E-state index contributed by atoms with van der Waals surface area (Å²) in [4.78, 5) is 0. The molecule has 2 rings (SSSR count). The van der Waals surface area contributed by atoms with Crippen LogP contribution in [0.3, 0.4) is 0 Å². The van der Waals surface area contributed by atoms with Crippen molar-refractivity contribution in [1.82, 2.24) is 9.78 Å². The summed E-state index contributed by atoms with van der Waals surface area (Å²) in [5.41, 5.74) is 1.17. The van der Waals surface area contributed by atoms with Gasteiger partial charge >= 0.3 is 0 Å². The SMILES string of the molecule is COc1ccc(CC(C)(O)Cc2cnn(C)c2)cc1OC. The molecule has 0 saturated heterocycles. The number of nitrogens with zero attached hydrogens (tertiary/aromatic N) is 2. The minimum Gasteiger partial charge on any atom is -0.493 e. The van der Waals surface area contributed by atoms with Crippen molar-refractivity contribution >= 4 is 0 Å². The highest BCUT2D eigenvalue weighted by Gasteiger charge is 2.23. The molecular formula is C16H22N2O3. The van der Waals surface area contributed by atoms with Crippen molar-refractivity contribution in [2.45, 2.75) is 25.4 Å². The van der Waals surface area contributed by atoms with Crippen LogP contribution in [0.2, 0.25) is 0 Å². The molecule has 0 amide bonds. The van der Waals surface area contributed by atoms with E-state index in [-0.39, 0.29) is 0 Å². The molecule has 114 valence electrons. The lowest BCUT2D eigenvalue weighted by Gasteiger charge is -2.23. The van der Waals surface area contributed by atoms with Gasteiger partial charge in [-0.05, 0) is 30.2 Å². The number of aryl methyl sites for hydroxylation is 1. The molecule has 0 aliphatic carbocycles. The van der Waals surface area contributed by atoms with Crippen LogP contribution in [0.5, 0.6) is 11.5 Å². The van der Waals surface area contributed by atoms with Gasteiger partial charge < -0.3 is 14.6 Å². The highest BCUT2D eigenvalue weighted by molar-refractivity contribution is 5.43. The molecule has 1 heterocycles. The van der Waals surface area contributed by atoms with Gasteiger partial charge in [-0.25, -0.2) is 0 Å². The van der Waals surface area contributed by atoms with Gasteiger partial charge in [-0.15, -0.1) is 0 Å². The minimum absolute atomic E-state index is 0.530. The summed E-state index contributed by atoms with van der Waals surface area (Å²) in [6.45, 7) is 1.83. The Morgan fingerprint density at radius 1 is 1.14 bits per heavy atom. The Morgan fingerprint density at radius 2 is 1.81 bits per heavy atom. The van der Waals surface area contributed by atoms with Gasteiger partial charge in [0.2, 0.25) is 0 Å². The Morgan fingerprint density at radius 3 is 2.38 bits per heavy atom. The van der Waals surface area contributed by atoms with E-state index in [1.54, 1.807) is 25.1 Å². The summed E-state index contributed by atoms with van der Waals surface area (Å²) in [7, 11) is 5.08. The van der Waals surface area contributed by atoms with Crippen LogP contribution in [-0.4, -0.2) is 34.7 Å². The van der Waals surface area contributed by atoms with Gasteiger partial charge in [0.25, 0.3) is 0 Å². The van der Waals surface area contributed by atoms with Gasteiger partial charge in [-0.1, -0.05) is 6.07 Å². The van der Waals surface area contributed by atoms with Crippen LogP contribution in [0.15, 0.2) is 30.6 Å². The minimum atomic E-state index is -0.845. The lowest BCUT2D eigenvalue weighted by molar-refractivity contribution is 0.0607. The molecule has 0 saturated carbocycles. The van der Waals surface area contributed by atoms with Gasteiger partial charge in [0.1, 0.15) is 0 Å². The molecule has 21 heavy (non-hydrogen) atoms.